The van der Waals surface area contributed by atoms with E-state index in [0.717, 1.165) is 60.5 Å². The quantitative estimate of drug-likeness (QED) is 0.676. The van der Waals surface area contributed by atoms with Gasteiger partial charge in [-0.3, -0.25) is 4.90 Å². The lowest BCUT2D eigenvalue weighted by Crippen LogP contribution is -2.43. The number of hydrogen-bond donors (Lipinski definition) is 1. The van der Waals surface area contributed by atoms with Crippen molar-refractivity contribution in [1.29, 1.82) is 5.26 Å². The SMILES string of the molecule is Cc1cc(SC#N)cc(CN2CCN(C)CC2)c1O. The fourth-order valence-corrected chi connectivity index (χ4v) is 2.84. The van der Waals surface area contributed by atoms with Gasteiger partial charge in [0.25, 0.3) is 0 Å². The minimum absolute atomic E-state index is 0.362. The first-order valence-electron chi connectivity index (χ1n) is 6.39. The number of nitrogens with zero attached hydrogens (tertiary/aromatic N) is 3. The molecule has 102 valence electrons. The Labute approximate surface area is 118 Å². The van der Waals surface area contributed by atoms with Crippen LogP contribution in [-0.2, 0) is 6.54 Å². The van der Waals surface area contributed by atoms with Gasteiger partial charge >= 0.3 is 0 Å². The van der Waals surface area contributed by atoms with Crippen LogP contribution in [0.3, 0.4) is 0 Å². The molecular formula is C14H19N3OS. The highest BCUT2D eigenvalue weighted by Crippen LogP contribution is 2.29. The number of nitriles is 1. The molecule has 0 spiro atoms. The van der Waals surface area contributed by atoms with Gasteiger partial charge in [0, 0.05) is 43.2 Å². The largest absolute Gasteiger partial charge is 0.507 e. The second-order valence-corrected chi connectivity index (χ2v) is 5.88. The summed E-state index contributed by atoms with van der Waals surface area (Å²) in [6, 6.07) is 3.78. The van der Waals surface area contributed by atoms with Crippen LogP contribution >= 0.6 is 11.8 Å². The predicted octanol–water partition coefficient (Wildman–Crippen LogP) is 2.02. The molecule has 1 N–H and O–H groups in total. The topological polar surface area (TPSA) is 50.5 Å². The highest BCUT2D eigenvalue weighted by Gasteiger charge is 2.16. The van der Waals surface area contributed by atoms with Crippen LogP contribution in [0.5, 0.6) is 5.75 Å². The average molecular weight is 277 g/mol. The summed E-state index contributed by atoms with van der Waals surface area (Å²) in [7, 11) is 2.13. The van der Waals surface area contributed by atoms with Crippen LogP contribution in [0.15, 0.2) is 17.0 Å². The minimum atomic E-state index is 0.362. The number of thioether (sulfide) groups is 1. The Balaban J connectivity index is 2.13. The third kappa shape index (κ3) is 3.63. The van der Waals surface area contributed by atoms with Gasteiger partial charge in [0.15, 0.2) is 0 Å². The Morgan fingerprint density at radius 3 is 2.63 bits per heavy atom. The average Bonchev–Trinajstić information content (AvgIpc) is 2.38. The zero-order chi connectivity index (χ0) is 13.8. The first-order valence-corrected chi connectivity index (χ1v) is 7.21. The van der Waals surface area contributed by atoms with Crippen molar-refractivity contribution in [1.82, 2.24) is 9.80 Å². The van der Waals surface area contributed by atoms with E-state index < -0.39 is 0 Å². The molecule has 0 aromatic heterocycles. The number of likely N-dealkylation sites (N-methyl/N-ethyl adjacent to an activating group) is 1. The molecule has 0 saturated carbocycles. The number of phenols is 1. The van der Waals surface area contributed by atoms with Gasteiger partial charge in [0.1, 0.15) is 11.2 Å². The third-order valence-corrected chi connectivity index (χ3v) is 4.07. The lowest BCUT2D eigenvalue weighted by atomic mass is 10.1. The van der Waals surface area contributed by atoms with E-state index in [1.807, 2.05) is 19.1 Å². The number of piperazine rings is 1. The molecule has 1 saturated heterocycles. The monoisotopic (exact) mass is 277 g/mol. The lowest BCUT2D eigenvalue weighted by Gasteiger charge is -2.32. The molecule has 0 unspecified atom stereocenters. The van der Waals surface area contributed by atoms with E-state index in [9.17, 15) is 5.11 Å². The van der Waals surface area contributed by atoms with E-state index in [-0.39, 0.29) is 0 Å². The molecule has 0 aliphatic carbocycles. The number of rotatable bonds is 3. The summed E-state index contributed by atoms with van der Waals surface area (Å²) in [4.78, 5) is 5.56. The maximum Gasteiger partial charge on any atom is 0.138 e. The zero-order valence-electron chi connectivity index (χ0n) is 11.4. The van der Waals surface area contributed by atoms with Crippen molar-refractivity contribution in [2.75, 3.05) is 33.2 Å². The fourth-order valence-electron chi connectivity index (χ4n) is 2.30. The molecule has 1 aromatic carbocycles. The van der Waals surface area contributed by atoms with Crippen LogP contribution in [0.2, 0.25) is 0 Å². The smallest absolute Gasteiger partial charge is 0.138 e. The Morgan fingerprint density at radius 2 is 2.00 bits per heavy atom. The van der Waals surface area contributed by atoms with Gasteiger partial charge in [0.05, 0.1) is 0 Å². The number of hydrogen-bond acceptors (Lipinski definition) is 5. The molecule has 2 rings (SSSR count). The Morgan fingerprint density at radius 1 is 1.32 bits per heavy atom. The molecule has 0 bridgehead atoms. The number of thiocyanates is 1. The summed E-state index contributed by atoms with van der Waals surface area (Å²) in [6.45, 7) is 6.79. The molecule has 1 aliphatic rings. The van der Waals surface area contributed by atoms with Crippen LogP contribution in [0, 0.1) is 17.6 Å². The van der Waals surface area contributed by atoms with E-state index >= 15 is 0 Å². The normalized spacial score (nSPS) is 17.3. The standard InChI is InChI=1S/C14H19N3OS/c1-11-7-13(19-10-15)8-12(14(11)18)9-17-5-3-16(2)4-6-17/h7-8,18H,3-6,9H2,1-2H3. The van der Waals surface area contributed by atoms with Gasteiger partial charge in [-0.2, -0.15) is 5.26 Å². The Kier molecular flexibility index (Phi) is 4.70. The summed E-state index contributed by atoms with van der Waals surface area (Å²) >= 11 is 1.14. The van der Waals surface area contributed by atoms with E-state index in [1.54, 1.807) is 0 Å². The van der Waals surface area contributed by atoms with Crippen molar-refractivity contribution in [3.8, 4) is 11.2 Å². The van der Waals surface area contributed by atoms with Crippen molar-refractivity contribution < 1.29 is 5.11 Å². The van der Waals surface area contributed by atoms with Crippen LogP contribution in [0.25, 0.3) is 0 Å². The molecule has 19 heavy (non-hydrogen) atoms. The van der Waals surface area contributed by atoms with Gasteiger partial charge in [-0.05, 0) is 43.4 Å². The molecule has 5 heteroatoms. The van der Waals surface area contributed by atoms with Crippen LogP contribution in [-0.4, -0.2) is 48.1 Å². The number of phenolic OH excluding ortho intramolecular Hbond substituents is 1. The molecule has 0 amide bonds. The van der Waals surface area contributed by atoms with Crippen molar-refractivity contribution in [3.63, 3.8) is 0 Å². The fraction of sp³-hybridized carbons (Fsp3) is 0.500. The minimum Gasteiger partial charge on any atom is -0.507 e. The summed E-state index contributed by atoms with van der Waals surface area (Å²) in [5.74, 6) is 0.362. The molecule has 0 radical (unpaired) electrons. The Hall–Kier alpha value is -1.22. The second kappa shape index (κ2) is 6.29. The van der Waals surface area contributed by atoms with Crippen LogP contribution in [0.1, 0.15) is 11.1 Å². The van der Waals surface area contributed by atoms with Gasteiger partial charge in [0.2, 0.25) is 0 Å². The van der Waals surface area contributed by atoms with Crippen LogP contribution < -0.4 is 0 Å². The highest BCUT2D eigenvalue weighted by atomic mass is 32.2. The number of aryl methyl sites for hydroxylation is 1. The first-order chi connectivity index (χ1) is 9.10. The van der Waals surface area contributed by atoms with Gasteiger partial charge in [-0.1, -0.05) is 0 Å². The summed E-state index contributed by atoms with van der Waals surface area (Å²) < 4.78 is 0. The number of benzene rings is 1. The number of aromatic hydroxyl groups is 1. The molecule has 0 atom stereocenters. The predicted molar refractivity (Wildman–Crippen MR) is 77.1 cm³/mol. The van der Waals surface area contributed by atoms with Crippen molar-refractivity contribution in [3.05, 3.63) is 23.3 Å². The second-order valence-electron chi connectivity index (χ2n) is 5.02. The zero-order valence-corrected chi connectivity index (χ0v) is 12.2. The van der Waals surface area contributed by atoms with E-state index in [4.69, 9.17) is 5.26 Å². The van der Waals surface area contributed by atoms with Gasteiger partial charge < -0.3 is 10.0 Å². The maximum absolute atomic E-state index is 10.1. The summed E-state index contributed by atoms with van der Waals surface area (Å²) in [5.41, 5.74) is 1.76. The highest BCUT2D eigenvalue weighted by molar-refractivity contribution is 8.03. The van der Waals surface area contributed by atoms with E-state index in [0.29, 0.717) is 5.75 Å². The first kappa shape index (κ1) is 14.2. The van der Waals surface area contributed by atoms with Gasteiger partial charge in [-0.25, -0.2) is 0 Å². The molecule has 1 aromatic rings. The Bertz CT molecular complexity index is 490. The van der Waals surface area contributed by atoms with E-state index in [1.165, 1.54) is 0 Å². The summed E-state index contributed by atoms with van der Waals surface area (Å²) in [6.07, 6.45) is 0. The van der Waals surface area contributed by atoms with Crippen molar-refractivity contribution in [2.45, 2.75) is 18.4 Å². The molecule has 4 nitrogen and oxygen atoms in total. The van der Waals surface area contributed by atoms with Gasteiger partial charge in [-0.15, -0.1) is 0 Å². The maximum atomic E-state index is 10.1. The lowest BCUT2D eigenvalue weighted by molar-refractivity contribution is 0.147. The molecular weight excluding hydrogens is 258 g/mol. The van der Waals surface area contributed by atoms with Crippen molar-refractivity contribution >= 4 is 11.8 Å². The third-order valence-electron chi connectivity index (χ3n) is 3.51. The summed E-state index contributed by atoms with van der Waals surface area (Å²) in [5, 5.41) is 21.0. The van der Waals surface area contributed by atoms with Crippen LogP contribution in [0.4, 0.5) is 0 Å². The molecule has 1 aliphatic heterocycles. The molecule has 1 heterocycles. The van der Waals surface area contributed by atoms with E-state index in [2.05, 4.69) is 22.2 Å². The van der Waals surface area contributed by atoms with Crippen molar-refractivity contribution in [2.24, 2.45) is 0 Å². The molecule has 1 fully saturated rings.